The first-order chi connectivity index (χ1) is 8.76. The quantitative estimate of drug-likeness (QED) is 0.937. The Labute approximate surface area is 117 Å². The van der Waals surface area contributed by atoms with E-state index in [2.05, 4.69) is 31.4 Å². The molecular formula is C11H12BrN3O2S. The van der Waals surface area contributed by atoms with Gasteiger partial charge in [-0.15, -0.1) is 11.3 Å². The van der Waals surface area contributed by atoms with E-state index in [1.165, 1.54) is 0 Å². The smallest absolute Gasteiger partial charge is 0.244 e. The van der Waals surface area contributed by atoms with E-state index in [9.17, 15) is 0 Å². The lowest BCUT2D eigenvalue weighted by atomic mass is 10.2. The SMILES string of the molecule is CO[C@@H]1CN[C@@H](c2nc(-c3cc(Br)cs3)no2)C1. The number of thiophene rings is 1. The van der Waals surface area contributed by atoms with Crippen LogP contribution < -0.4 is 5.32 Å². The maximum atomic E-state index is 5.32. The van der Waals surface area contributed by atoms with Crippen molar-refractivity contribution in [1.82, 2.24) is 15.5 Å². The fourth-order valence-corrected chi connectivity index (χ4v) is 3.33. The fraction of sp³-hybridized carbons (Fsp3) is 0.455. The molecule has 0 amide bonds. The van der Waals surface area contributed by atoms with Gasteiger partial charge in [-0.1, -0.05) is 5.16 Å². The maximum Gasteiger partial charge on any atom is 0.244 e. The highest BCUT2D eigenvalue weighted by Crippen LogP contribution is 2.30. The van der Waals surface area contributed by atoms with Crippen molar-refractivity contribution in [3.63, 3.8) is 0 Å². The van der Waals surface area contributed by atoms with E-state index in [0.29, 0.717) is 11.7 Å². The summed E-state index contributed by atoms with van der Waals surface area (Å²) in [6, 6.07) is 2.08. The first-order valence-corrected chi connectivity index (χ1v) is 7.27. The van der Waals surface area contributed by atoms with Crippen molar-refractivity contribution in [2.24, 2.45) is 0 Å². The summed E-state index contributed by atoms with van der Waals surface area (Å²) in [5, 5.41) is 9.33. The van der Waals surface area contributed by atoms with E-state index < -0.39 is 0 Å². The van der Waals surface area contributed by atoms with Gasteiger partial charge in [-0.25, -0.2) is 0 Å². The first kappa shape index (κ1) is 12.3. The summed E-state index contributed by atoms with van der Waals surface area (Å²) < 4.78 is 11.7. The molecule has 1 N–H and O–H groups in total. The third-order valence-corrected chi connectivity index (χ3v) is 4.64. The molecule has 2 atom stereocenters. The second-order valence-electron chi connectivity index (χ2n) is 4.14. The predicted octanol–water partition coefficient (Wildman–Crippen LogP) is 2.61. The average molecular weight is 330 g/mol. The molecule has 1 fully saturated rings. The third kappa shape index (κ3) is 2.35. The van der Waals surface area contributed by atoms with Gasteiger partial charge in [-0.3, -0.25) is 0 Å². The first-order valence-electron chi connectivity index (χ1n) is 5.60. The number of nitrogens with zero attached hydrogens (tertiary/aromatic N) is 2. The van der Waals surface area contributed by atoms with E-state index in [1.54, 1.807) is 18.4 Å². The zero-order valence-corrected chi connectivity index (χ0v) is 12.1. The summed E-state index contributed by atoms with van der Waals surface area (Å²) in [7, 11) is 1.72. The molecule has 3 rings (SSSR count). The van der Waals surface area contributed by atoms with Gasteiger partial charge in [0.1, 0.15) is 0 Å². The maximum absolute atomic E-state index is 5.32. The van der Waals surface area contributed by atoms with Gasteiger partial charge in [0, 0.05) is 23.5 Å². The standard InChI is InChI=1S/C11H12BrN3O2S/c1-16-7-3-8(13-4-7)11-14-10(15-17-11)9-2-6(12)5-18-9/h2,5,7-8,13H,3-4H2,1H3/t7-,8+/m0/s1. The van der Waals surface area contributed by atoms with Crippen LogP contribution in [0.1, 0.15) is 18.4 Å². The number of hydrogen-bond acceptors (Lipinski definition) is 6. The summed E-state index contributed by atoms with van der Waals surface area (Å²) in [5.41, 5.74) is 0. The Morgan fingerprint density at radius 3 is 3.17 bits per heavy atom. The number of ether oxygens (including phenoxy) is 1. The Hall–Kier alpha value is -0.760. The minimum atomic E-state index is 0.0969. The molecule has 1 saturated heterocycles. The van der Waals surface area contributed by atoms with Crippen molar-refractivity contribution >= 4 is 27.3 Å². The van der Waals surface area contributed by atoms with Gasteiger partial charge in [-0.05, 0) is 28.4 Å². The zero-order chi connectivity index (χ0) is 12.5. The van der Waals surface area contributed by atoms with Crippen LogP contribution in [0.4, 0.5) is 0 Å². The summed E-state index contributed by atoms with van der Waals surface area (Å²) >= 11 is 5.00. The average Bonchev–Trinajstić information content (AvgIpc) is 3.07. The molecule has 0 bridgehead atoms. The Morgan fingerprint density at radius 2 is 2.50 bits per heavy atom. The van der Waals surface area contributed by atoms with Crippen molar-refractivity contribution < 1.29 is 9.26 Å². The van der Waals surface area contributed by atoms with Crippen molar-refractivity contribution in [3.8, 4) is 10.7 Å². The second-order valence-corrected chi connectivity index (χ2v) is 5.97. The van der Waals surface area contributed by atoms with Crippen molar-refractivity contribution in [2.45, 2.75) is 18.6 Å². The van der Waals surface area contributed by atoms with Crippen LogP contribution in [0.15, 0.2) is 20.4 Å². The summed E-state index contributed by atoms with van der Waals surface area (Å²) in [4.78, 5) is 5.44. The van der Waals surface area contributed by atoms with E-state index in [1.807, 2.05) is 11.4 Å². The van der Waals surface area contributed by atoms with Crippen molar-refractivity contribution in [2.75, 3.05) is 13.7 Å². The molecule has 2 aromatic rings. The van der Waals surface area contributed by atoms with Gasteiger partial charge in [0.05, 0.1) is 17.0 Å². The summed E-state index contributed by atoms with van der Waals surface area (Å²) in [6.07, 6.45) is 1.09. The lowest BCUT2D eigenvalue weighted by molar-refractivity contribution is 0.116. The van der Waals surface area contributed by atoms with E-state index in [0.717, 1.165) is 22.3 Å². The largest absolute Gasteiger partial charge is 0.380 e. The van der Waals surface area contributed by atoms with Gasteiger partial charge in [0.25, 0.3) is 0 Å². The van der Waals surface area contributed by atoms with Crippen LogP contribution in [-0.4, -0.2) is 29.9 Å². The highest BCUT2D eigenvalue weighted by molar-refractivity contribution is 9.10. The number of aromatic nitrogens is 2. The number of nitrogens with one attached hydrogen (secondary N) is 1. The Bertz CT molecular complexity index is 542. The second kappa shape index (κ2) is 5.08. The molecule has 3 heterocycles. The highest BCUT2D eigenvalue weighted by Gasteiger charge is 2.29. The molecule has 0 saturated carbocycles. The Kier molecular flexibility index (Phi) is 3.47. The minimum Gasteiger partial charge on any atom is -0.380 e. The molecule has 96 valence electrons. The van der Waals surface area contributed by atoms with Crippen LogP contribution >= 0.6 is 27.3 Å². The number of hydrogen-bond donors (Lipinski definition) is 1. The molecule has 1 aliphatic heterocycles. The van der Waals surface area contributed by atoms with Crippen LogP contribution in [0.2, 0.25) is 0 Å². The van der Waals surface area contributed by atoms with Gasteiger partial charge in [0.2, 0.25) is 11.7 Å². The van der Waals surface area contributed by atoms with Crippen LogP contribution in [0.5, 0.6) is 0 Å². The lowest BCUT2D eigenvalue weighted by Crippen LogP contribution is -2.16. The molecule has 5 nitrogen and oxygen atoms in total. The molecule has 18 heavy (non-hydrogen) atoms. The molecule has 0 aromatic carbocycles. The molecule has 0 aliphatic carbocycles. The van der Waals surface area contributed by atoms with Gasteiger partial charge in [0.15, 0.2) is 0 Å². The normalized spacial score (nSPS) is 23.7. The van der Waals surface area contributed by atoms with E-state index in [-0.39, 0.29) is 12.1 Å². The highest BCUT2D eigenvalue weighted by atomic mass is 79.9. The van der Waals surface area contributed by atoms with E-state index in [4.69, 9.17) is 9.26 Å². The van der Waals surface area contributed by atoms with Crippen molar-refractivity contribution in [3.05, 3.63) is 21.8 Å². The summed E-state index contributed by atoms with van der Waals surface area (Å²) in [5.74, 6) is 1.28. The molecule has 0 spiro atoms. The van der Waals surface area contributed by atoms with E-state index >= 15 is 0 Å². The molecule has 0 radical (unpaired) electrons. The van der Waals surface area contributed by atoms with Crippen LogP contribution in [-0.2, 0) is 4.74 Å². The third-order valence-electron chi connectivity index (χ3n) is 2.95. The van der Waals surface area contributed by atoms with Crippen molar-refractivity contribution in [1.29, 1.82) is 0 Å². The number of halogens is 1. The number of rotatable bonds is 3. The topological polar surface area (TPSA) is 60.2 Å². The Balaban J connectivity index is 1.78. The van der Waals surface area contributed by atoms with Crippen LogP contribution in [0.25, 0.3) is 10.7 Å². The molecule has 1 aliphatic rings. The monoisotopic (exact) mass is 329 g/mol. The molecular weight excluding hydrogens is 318 g/mol. The molecule has 2 aromatic heterocycles. The molecule has 0 unspecified atom stereocenters. The van der Waals surface area contributed by atoms with Crippen LogP contribution in [0.3, 0.4) is 0 Å². The summed E-state index contributed by atoms with van der Waals surface area (Å²) in [6.45, 7) is 0.823. The lowest BCUT2D eigenvalue weighted by Gasteiger charge is -2.04. The van der Waals surface area contributed by atoms with Gasteiger partial charge < -0.3 is 14.6 Å². The number of methoxy groups -OCH3 is 1. The van der Waals surface area contributed by atoms with Gasteiger partial charge >= 0.3 is 0 Å². The molecule has 7 heteroatoms. The fourth-order valence-electron chi connectivity index (χ4n) is 1.98. The predicted molar refractivity (Wildman–Crippen MR) is 71.5 cm³/mol. The minimum absolute atomic E-state index is 0.0969. The van der Waals surface area contributed by atoms with Crippen LogP contribution in [0, 0.1) is 0 Å². The van der Waals surface area contributed by atoms with Gasteiger partial charge in [-0.2, -0.15) is 4.98 Å². The Morgan fingerprint density at radius 1 is 1.61 bits per heavy atom. The zero-order valence-electron chi connectivity index (χ0n) is 9.72.